The van der Waals surface area contributed by atoms with Crippen LogP contribution in [0.5, 0.6) is 0 Å². The molecule has 0 aromatic rings. The van der Waals surface area contributed by atoms with Gasteiger partial charge in [0.1, 0.15) is 0 Å². The monoisotopic (exact) mass is 253 g/mol. The molecule has 2 N–H and O–H groups in total. The highest BCUT2D eigenvalue weighted by atomic mass is 16.5. The predicted molar refractivity (Wildman–Crippen MR) is 73.5 cm³/mol. The minimum absolute atomic E-state index is 0.538. The first-order valence-corrected chi connectivity index (χ1v) is 7.25. The molecule has 0 saturated carbocycles. The van der Waals surface area contributed by atoms with E-state index >= 15 is 0 Å². The Hall–Kier alpha value is -0.380. The van der Waals surface area contributed by atoms with Crippen molar-refractivity contribution in [3.05, 3.63) is 11.6 Å². The topological polar surface area (TPSA) is 41.5 Å². The van der Waals surface area contributed by atoms with Crippen LogP contribution in [0.4, 0.5) is 0 Å². The Kier molecular flexibility index (Phi) is 4.82. The Morgan fingerprint density at radius 2 is 2.17 bits per heavy atom. The fourth-order valence-electron chi connectivity index (χ4n) is 3.28. The maximum absolute atomic E-state index is 10.4. The van der Waals surface area contributed by atoms with Crippen LogP contribution in [-0.4, -0.2) is 37.0 Å². The summed E-state index contributed by atoms with van der Waals surface area (Å²) in [6.45, 7) is 7.65. The minimum atomic E-state index is -0.538. The smallest absolute Gasteiger partial charge is 0.0815 e. The van der Waals surface area contributed by atoms with Crippen molar-refractivity contribution >= 4 is 0 Å². The summed E-state index contributed by atoms with van der Waals surface area (Å²) in [4.78, 5) is 0. The summed E-state index contributed by atoms with van der Waals surface area (Å²) in [5.41, 5.74) is 0.981. The maximum atomic E-state index is 10.4. The van der Waals surface area contributed by atoms with Gasteiger partial charge in [0, 0.05) is 32.6 Å². The van der Waals surface area contributed by atoms with E-state index in [1.165, 1.54) is 18.4 Å². The van der Waals surface area contributed by atoms with Gasteiger partial charge in [0.05, 0.1) is 5.60 Å². The van der Waals surface area contributed by atoms with Crippen molar-refractivity contribution in [1.29, 1.82) is 0 Å². The summed E-state index contributed by atoms with van der Waals surface area (Å²) in [5, 5.41) is 13.8. The first kappa shape index (κ1) is 14.0. The van der Waals surface area contributed by atoms with Gasteiger partial charge in [0.25, 0.3) is 0 Å². The average molecular weight is 253 g/mol. The molecule has 0 aromatic carbocycles. The van der Waals surface area contributed by atoms with Gasteiger partial charge < -0.3 is 15.2 Å². The molecule has 18 heavy (non-hydrogen) atoms. The van der Waals surface area contributed by atoms with E-state index in [0.29, 0.717) is 25.7 Å². The average Bonchev–Trinajstić information content (AvgIpc) is 2.28. The van der Waals surface area contributed by atoms with Gasteiger partial charge in [-0.25, -0.2) is 0 Å². The SMILES string of the molecule is CC1=CC(C)CC(CNCC2(O)CCOCC2)C1. The third-order valence-electron chi connectivity index (χ3n) is 4.20. The molecule has 1 saturated heterocycles. The molecule has 0 aromatic heterocycles. The summed E-state index contributed by atoms with van der Waals surface area (Å²) in [6, 6.07) is 0. The van der Waals surface area contributed by atoms with Crippen molar-refractivity contribution in [3.63, 3.8) is 0 Å². The maximum Gasteiger partial charge on any atom is 0.0815 e. The van der Waals surface area contributed by atoms with Crippen LogP contribution in [0.3, 0.4) is 0 Å². The van der Waals surface area contributed by atoms with Crippen molar-refractivity contribution in [1.82, 2.24) is 5.32 Å². The van der Waals surface area contributed by atoms with E-state index in [1.807, 2.05) is 0 Å². The van der Waals surface area contributed by atoms with Crippen LogP contribution < -0.4 is 5.32 Å². The molecule has 2 atom stereocenters. The summed E-state index contributed by atoms with van der Waals surface area (Å²) < 4.78 is 5.29. The van der Waals surface area contributed by atoms with E-state index in [2.05, 4.69) is 25.2 Å². The molecular weight excluding hydrogens is 226 g/mol. The lowest BCUT2D eigenvalue weighted by Gasteiger charge is -2.33. The molecule has 1 fully saturated rings. The lowest BCUT2D eigenvalue weighted by Crippen LogP contribution is -2.46. The first-order valence-electron chi connectivity index (χ1n) is 7.25. The van der Waals surface area contributed by atoms with Crippen molar-refractivity contribution in [2.75, 3.05) is 26.3 Å². The number of nitrogens with one attached hydrogen (secondary N) is 1. The van der Waals surface area contributed by atoms with Crippen molar-refractivity contribution < 1.29 is 9.84 Å². The fraction of sp³-hybridized carbons (Fsp3) is 0.867. The first-order chi connectivity index (χ1) is 8.57. The molecule has 2 unspecified atom stereocenters. The molecule has 1 aliphatic carbocycles. The molecule has 1 aliphatic heterocycles. The zero-order valence-corrected chi connectivity index (χ0v) is 11.7. The Balaban J connectivity index is 1.70. The molecule has 0 bridgehead atoms. The summed E-state index contributed by atoms with van der Waals surface area (Å²) in [7, 11) is 0. The van der Waals surface area contributed by atoms with E-state index in [-0.39, 0.29) is 0 Å². The number of hydrogen-bond donors (Lipinski definition) is 2. The van der Waals surface area contributed by atoms with Gasteiger partial charge >= 0.3 is 0 Å². The second-order valence-electron chi connectivity index (χ2n) is 6.26. The van der Waals surface area contributed by atoms with Gasteiger partial charge in [0.15, 0.2) is 0 Å². The van der Waals surface area contributed by atoms with Crippen LogP contribution in [0.1, 0.15) is 39.5 Å². The van der Waals surface area contributed by atoms with E-state index in [4.69, 9.17) is 4.74 Å². The normalized spacial score (nSPS) is 32.1. The van der Waals surface area contributed by atoms with Crippen LogP contribution in [0, 0.1) is 11.8 Å². The molecule has 3 heteroatoms. The summed E-state index contributed by atoms with van der Waals surface area (Å²) >= 11 is 0. The predicted octanol–water partition coefficient (Wildman–Crippen LogP) is 2.11. The Morgan fingerprint density at radius 1 is 1.44 bits per heavy atom. The van der Waals surface area contributed by atoms with Crippen LogP contribution in [-0.2, 0) is 4.74 Å². The molecule has 0 radical (unpaired) electrons. The van der Waals surface area contributed by atoms with E-state index in [9.17, 15) is 5.11 Å². The van der Waals surface area contributed by atoms with Crippen LogP contribution in [0.15, 0.2) is 11.6 Å². The summed E-state index contributed by atoms with van der Waals surface area (Å²) in [5.74, 6) is 1.44. The van der Waals surface area contributed by atoms with Crippen LogP contribution in [0.25, 0.3) is 0 Å². The molecular formula is C15H27NO2. The number of allylic oxidation sites excluding steroid dienone is 2. The highest BCUT2D eigenvalue weighted by Gasteiger charge is 2.29. The van der Waals surface area contributed by atoms with E-state index < -0.39 is 5.60 Å². The Morgan fingerprint density at radius 3 is 2.83 bits per heavy atom. The standard InChI is InChI=1S/C15H27NO2/c1-12-7-13(2)9-14(8-12)10-16-11-15(17)3-5-18-6-4-15/h7,12,14,16-17H,3-6,8-11H2,1-2H3. The quantitative estimate of drug-likeness (QED) is 0.754. The van der Waals surface area contributed by atoms with Gasteiger partial charge in [-0.2, -0.15) is 0 Å². The Labute approximate surface area is 111 Å². The number of rotatable bonds is 4. The lowest BCUT2D eigenvalue weighted by molar-refractivity contribution is -0.0618. The molecule has 104 valence electrons. The zero-order valence-electron chi connectivity index (χ0n) is 11.7. The molecule has 2 aliphatic rings. The number of aliphatic hydroxyl groups is 1. The second kappa shape index (κ2) is 6.18. The highest BCUT2D eigenvalue weighted by Crippen LogP contribution is 2.27. The zero-order chi connectivity index (χ0) is 13.0. The van der Waals surface area contributed by atoms with Gasteiger partial charge in [-0.3, -0.25) is 0 Å². The number of hydrogen-bond acceptors (Lipinski definition) is 3. The molecule has 0 spiro atoms. The number of ether oxygens (including phenoxy) is 1. The highest BCUT2D eigenvalue weighted by molar-refractivity contribution is 5.06. The minimum Gasteiger partial charge on any atom is -0.388 e. The van der Waals surface area contributed by atoms with Gasteiger partial charge in [-0.05, 0) is 38.1 Å². The fourth-order valence-corrected chi connectivity index (χ4v) is 3.28. The third kappa shape index (κ3) is 4.08. The van der Waals surface area contributed by atoms with Crippen molar-refractivity contribution in [3.8, 4) is 0 Å². The van der Waals surface area contributed by atoms with Gasteiger partial charge in [-0.15, -0.1) is 0 Å². The molecule has 0 amide bonds. The Bertz CT molecular complexity index is 295. The van der Waals surface area contributed by atoms with Gasteiger partial charge in [0.2, 0.25) is 0 Å². The van der Waals surface area contributed by atoms with Crippen molar-refractivity contribution in [2.45, 2.75) is 45.1 Å². The van der Waals surface area contributed by atoms with E-state index in [1.54, 1.807) is 0 Å². The van der Waals surface area contributed by atoms with Crippen LogP contribution in [0.2, 0.25) is 0 Å². The van der Waals surface area contributed by atoms with Crippen molar-refractivity contribution in [2.24, 2.45) is 11.8 Å². The van der Waals surface area contributed by atoms with Crippen LogP contribution >= 0.6 is 0 Å². The second-order valence-corrected chi connectivity index (χ2v) is 6.26. The van der Waals surface area contributed by atoms with E-state index in [0.717, 1.165) is 25.3 Å². The molecule has 3 nitrogen and oxygen atoms in total. The van der Waals surface area contributed by atoms with Gasteiger partial charge in [-0.1, -0.05) is 18.6 Å². The largest absolute Gasteiger partial charge is 0.388 e. The third-order valence-corrected chi connectivity index (χ3v) is 4.20. The summed E-state index contributed by atoms with van der Waals surface area (Å²) in [6.07, 6.45) is 6.40. The lowest BCUT2D eigenvalue weighted by atomic mass is 9.83. The molecule has 2 rings (SSSR count). The molecule has 1 heterocycles.